The van der Waals surface area contributed by atoms with Crippen molar-refractivity contribution in [3.8, 4) is 6.07 Å². The second-order valence-corrected chi connectivity index (χ2v) is 6.32. The number of nitro groups is 1. The molecule has 30 heavy (non-hydrogen) atoms. The summed E-state index contributed by atoms with van der Waals surface area (Å²) < 4.78 is 0. The molecular formula is C23H18N4O3. The summed E-state index contributed by atoms with van der Waals surface area (Å²) in [5.41, 5.74) is 1.48. The number of hydrogen-bond donors (Lipinski definition) is 2. The predicted molar refractivity (Wildman–Crippen MR) is 113 cm³/mol. The second-order valence-electron chi connectivity index (χ2n) is 6.32. The molecule has 0 aromatic heterocycles. The molecular weight excluding hydrogens is 380 g/mol. The molecule has 0 bridgehead atoms. The second kappa shape index (κ2) is 9.66. The minimum Gasteiger partial charge on any atom is -0.379 e. The molecule has 0 fully saturated rings. The highest BCUT2D eigenvalue weighted by atomic mass is 16.6. The van der Waals surface area contributed by atoms with E-state index < -0.39 is 10.8 Å². The van der Waals surface area contributed by atoms with Gasteiger partial charge in [0, 0.05) is 12.3 Å². The minimum absolute atomic E-state index is 0.0244. The standard InChI is InChI=1S/C23H18N4O3/c24-15-19(23(28)26-20-13-7-8-14-21(20)27(29)30)16-25-22(17-9-3-1-4-10-17)18-11-5-2-6-12-18/h1-14,16,22,25H,(H,26,28)/b19-16-. The molecule has 0 unspecified atom stereocenters. The molecule has 3 aromatic rings. The van der Waals surface area contributed by atoms with Crippen molar-refractivity contribution in [3.63, 3.8) is 0 Å². The van der Waals surface area contributed by atoms with Crippen LogP contribution in [0.4, 0.5) is 11.4 Å². The fraction of sp³-hybridized carbons (Fsp3) is 0.0435. The van der Waals surface area contributed by atoms with Gasteiger partial charge < -0.3 is 10.6 Å². The fourth-order valence-electron chi connectivity index (χ4n) is 2.92. The van der Waals surface area contributed by atoms with Crippen LogP contribution in [0.2, 0.25) is 0 Å². The molecule has 0 spiro atoms. The number of carbonyl (C=O) groups is 1. The van der Waals surface area contributed by atoms with Crippen LogP contribution in [0.1, 0.15) is 17.2 Å². The molecule has 2 N–H and O–H groups in total. The summed E-state index contributed by atoms with van der Waals surface area (Å²) in [5.74, 6) is -0.737. The number of nitrogens with one attached hydrogen (secondary N) is 2. The Morgan fingerprint density at radius 3 is 2.00 bits per heavy atom. The Hall–Kier alpha value is -4.44. The van der Waals surface area contributed by atoms with E-state index in [-0.39, 0.29) is 23.0 Å². The summed E-state index contributed by atoms with van der Waals surface area (Å²) in [6, 6.07) is 26.5. The Kier molecular flexibility index (Phi) is 6.54. The zero-order valence-corrected chi connectivity index (χ0v) is 15.9. The molecule has 0 aliphatic heterocycles. The molecule has 7 nitrogen and oxygen atoms in total. The number of nitrogens with zero attached hydrogens (tertiary/aromatic N) is 2. The van der Waals surface area contributed by atoms with Gasteiger partial charge in [-0.2, -0.15) is 5.26 Å². The van der Waals surface area contributed by atoms with E-state index in [1.54, 1.807) is 6.07 Å². The monoisotopic (exact) mass is 398 g/mol. The van der Waals surface area contributed by atoms with Gasteiger partial charge in [0.2, 0.25) is 0 Å². The number of anilines is 1. The number of amides is 1. The van der Waals surface area contributed by atoms with Gasteiger partial charge in [0.15, 0.2) is 0 Å². The van der Waals surface area contributed by atoms with Crippen molar-refractivity contribution in [2.24, 2.45) is 0 Å². The summed E-state index contributed by atoms with van der Waals surface area (Å²) in [7, 11) is 0. The van der Waals surface area contributed by atoms with Crippen LogP contribution in [0.5, 0.6) is 0 Å². The van der Waals surface area contributed by atoms with E-state index >= 15 is 0 Å². The Bertz CT molecular complexity index is 1070. The number of carbonyl (C=O) groups excluding carboxylic acids is 1. The topological polar surface area (TPSA) is 108 Å². The molecule has 0 aliphatic rings. The minimum atomic E-state index is -0.737. The Labute approximate surface area is 173 Å². The van der Waals surface area contributed by atoms with Crippen molar-refractivity contribution < 1.29 is 9.72 Å². The zero-order valence-electron chi connectivity index (χ0n) is 15.9. The highest BCUT2D eigenvalue weighted by Gasteiger charge is 2.18. The summed E-state index contributed by atoms with van der Waals surface area (Å²) >= 11 is 0. The molecule has 7 heteroatoms. The molecule has 0 atom stereocenters. The third-order valence-electron chi connectivity index (χ3n) is 4.37. The Morgan fingerprint density at radius 2 is 1.47 bits per heavy atom. The third-order valence-corrected chi connectivity index (χ3v) is 4.37. The van der Waals surface area contributed by atoms with Crippen LogP contribution in [-0.2, 0) is 4.79 Å². The largest absolute Gasteiger partial charge is 0.379 e. The lowest BCUT2D eigenvalue weighted by molar-refractivity contribution is -0.383. The lowest BCUT2D eigenvalue weighted by Gasteiger charge is -2.19. The maximum Gasteiger partial charge on any atom is 0.292 e. The van der Waals surface area contributed by atoms with Gasteiger partial charge in [-0.25, -0.2) is 0 Å². The molecule has 0 aliphatic carbocycles. The summed E-state index contributed by atoms with van der Waals surface area (Å²) in [6.07, 6.45) is 1.33. The number of hydrogen-bond acceptors (Lipinski definition) is 5. The molecule has 0 heterocycles. The summed E-state index contributed by atoms with van der Waals surface area (Å²) in [5, 5.41) is 26.2. The van der Waals surface area contributed by atoms with Crippen LogP contribution in [0.25, 0.3) is 0 Å². The van der Waals surface area contributed by atoms with Gasteiger partial charge in [-0.3, -0.25) is 14.9 Å². The Morgan fingerprint density at radius 1 is 0.933 bits per heavy atom. The van der Waals surface area contributed by atoms with E-state index in [9.17, 15) is 20.2 Å². The number of rotatable bonds is 7. The third kappa shape index (κ3) is 4.88. The number of nitriles is 1. The van der Waals surface area contributed by atoms with Crippen LogP contribution >= 0.6 is 0 Å². The predicted octanol–water partition coefficient (Wildman–Crippen LogP) is 4.32. The maximum absolute atomic E-state index is 12.5. The average Bonchev–Trinajstić information content (AvgIpc) is 2.78. The number of nitro benzene ring substituents is 1. The van der Waals surface area contributed by atoms with Crippen LogP contribution in [-0.4, -0.2) is 10.8 Å². The van der Waals surface area contributed by atoms with E-state index in [2.05, 4.69) is 10.6 Å². The van der Waals surface area contributed by atoms with Crippen molar-refractivity contribution in [3.05, 3.63) is 118 Å². The molecule has 0 saturated carbocycles. The summed E-state index contributed by atoms with van der Waals surface area (Å²) in [6.45, 7) is 0. The lowest BCUT2D eigenvalue weighted by Crippen LogP contribution is -2.21. The fourth-order valence-corrected chi connectivity index (χ4v) is 2.92. The van der Waals surface area contributed by atoms with Gasteiger partial charge >= 0.3 is 0 Å². The molecule has 1 amide bonds. The van der Waals surface area contributed by atoms with E-state index in [0.29, 0.717) is 0 Å². The summed E-state index contributed by atoms with van der Waals surface area (Å²) in [4.78, 5) is 23.1. The zero-order chi connectivity index (χ0) is 21.3. The van der Waals surface area contributed by atoms with Crippen molar-refractivity contribution in [2.75, 3.05) is 5.32 Å². The normalized spacial score (nSPS) is 10.9. The van der Waals surface area contributed by atoms with Crippen molar-refractivity contribution in [1.29, 1.82) is 5.26 Å². The molecule has 0 saturated heterocycles. The quantitative estimate of drug-likeness (QED) is 0.267. The van der Waals surface area contributed by atoms with Crippen LogP contribution < -0.4 is 10.6 Å². The van der Waals surface area contributed by atoms with Gasteiger partial charge in [0.1, 0.15) is 17.3 Å². The van der Waals surface area contributed by atoms with Crippen LogP contribution in [0.3, 0.4) is 0 Å². The van der Waals surface area contributed by atoms with Crippen molar-refractivity contribution in [1.82, 2.24) is 5.32 Å². The average molecular weight is 398 g/mol. The number of para-hydroxylation sites is 2. The van der Waals surface area contributed by atoms with Crippen molar-refractivity contribution in [2.45, 2.75) is 6.04 Å². The van der Waals surface area contributed by atoms with Gasteiger partial charge in [-0.15, -0.1) is 0 Å². The maximum atomic E-state index is 12.5. The molecule has 148 valence electrons. The Balaban J connectivity index is 1.85. The van der Waals surface area contributed by atoms with E-state index in [4.69, 9.17) is 0 Å². The highest BCUT2D eigenvalue weighted by Crippen LogP contribution is 2.24. The smallest absolute Gasteiger partial charge is 0.292 e. The molecule has 3 aromatic carbocycles. The van der Waals surface area contributed by atoms with Crippen LogP contribution in [0, 0.1) is 21.4 Å². The number of benzene rings is 3. The van der Waals surface area contributed by atoms with Gasteiger partial charge in [-0.1, -0.05) is 72.8 Å². The first kappa shape index (κ1) is 20.3. The SMILES string of the molecule is N#C/C(=C/NC(c1ccccc1)c1ccccc1)C(=O)Nc1ccccc1[N+](=O)[O-]. The first-order chi connectivity index (χ1) is 14.6. The molecule has 3 rings (SSSR count). The van der Waals surface area contributed by atoms with Crippen molar-refractivity contribution >= 4 is 17.3 Å². The van der Waals surface area contributed by atoms with Crippen LogP contribution in [0.15, 0.2) is 96.7 Å². The van der Waals surface area contributed by atoms with Gasteiger partial charge in [0.05, 0.1) is 11.0 Å². The molecule has 0 radical (unpaired) electrons. The first-order valence-electron chi connectivity index (χ1n) is 9.11. The highest BCUT2D eigenvalue weighted by molar-refractivity contribution is 6.07. The van der Waals surface area contributed by atoms with Gasteiger partial charge in [0.25, 0.3) is 11.6 Å². The van der Waals surface area contributed by atoms with E-state index in [1.807, 2.05) is 66.7 Å². The van der Waals surface area contributed by atoms with E-state index in [0.717, 1.165) is 11.1 Å². The van der Waals surface area contributed by atoms with E-state index in [1.165, 1.54) is 24.4 Å². The lowest BCUT2D eigenvalue weighted by atomic mass is 9.99. The van der Waals surface area contributed by atoms with Gasteiger partial charge in [-0.05, 0) is 17.2 Å². The first-order valence-corrected chi connectivity index (χ1v) is 9.11.